The second-order valence-electron chi connectivity index (χ2n) is 2.84. The molecule has 0 heterocycles. The highest BCUT2D eigenvalue weighted by atomic mass is 14.3. The molecule has 2 unspecified atom stereocenters. The highest BCUT2D eigenvalue weighted by molar-refractivity contribution is 5.33. The maximum absolute atomic E-state index is 3.24. The Morgan fingerprint density at radius 1 is 1.56 bits per heavy atom. The lowest BCUT2D eigenvalue weighted by molar-refractivity contribution is 0.705. The maximum atomic E-state index is 3.24. The summed E-state index contributed by atoms with van der Waals surface area (Å²) in [6.45, 7) is 2.12. The van der Waals surface area contributed by atoms with Gasteiger partial charge in [-0.1, -0.05) is 23.5 Å². The molecule has 0 aliphatic heterocycles. The molecule has 46 valence electrons. The van der Waals surface area contributed by atoms with Crippen LogP contribution in [0.4, 0.5) is 0 Å². The van der Waals surface area contributed by atoms with E-state index in [1.165, 1.54) is 12.8 Å². The van der Waals surface area contributed by atoms with Crippen molar-refractivity contribution in [2.75, 3.05) is 0 Å². The molecule has 0 amide bonds. The van der Waals surface area contributed by atoms with Crippen LogP contribution in [0.25, 0.3) is 0 Å². The summed E-state index contributed by atoms with van der Waals surface area (Å²) in [5, 5.41) is 0. The van der Waals surface area contributed by atoms with Gasteiger partial charge in [0, 0.05) is 11.8 Å². The van der Waals surface area contributed by atoms with E-state index in [1.54, 1.807) is 5.57 Å². The first kappa shape index (κ1) is 5.11. The van der Waals surface area contributed by atoms with Gasteiger partial charge in [0.25, 0.3) is 0 Å². The van der Waals surface area contributed by atoms with E-state index in [9.17, 15) is 0 Å². The van der Waals surface area contributed by atoms with Gasteiger partial charge in [0.15, 0.2) is 0 Å². The van der Waals surface area contributed by atoms with E-state index in [0.717, 1.165) is 5.92 Å². The minimum atomic E-state index is 0.653. The van der Waals surface area contributed by atoms with Crippen LogP contribution in [0.1, 0.15) is 19.8 Å². The van der Waals surface area contributed by atoms with Crippen LogP contribution in [0.5, 0.6) is 0 Å². The Morgan fingerprint density at radius 2 is 2.44 bits per heavy atom. The molecule has 0 heteroatoms. The van der Waals surface area contributed by atoms with E-state index in [4.69, 9.17) is 0 Å². The molecular weight excluding hydrogens is 108 g/mol. The van der Waals surface area contributed by atoms with E-state index in [0.29, 0.717) is 5.92 Å². The zero-order valence-electron chi connectivity index (χ0n) is 5.65. The lowest BCUT2D eigenvalue weighted by Crippen LogP contribution is -1.90. The minimum absolute atomic E-state index is 0.653. The highest BCUT2D eigenvalue weighted by Crippen LogP contribution is 2.38. The molecule has 2 aliphatic rings. The number of fused-ring (bicyclic) bond motifs is 2. The van der Waals surface area contributed by atoms with Crippen molar-refractivity contribution in [1.82, 2.24) is 0 Å². The molecule has 2 bridgehead atoms. The Morgan fingerprint density at radius 3 is 2.78 bits per heavy atom. The maximum Gasteiger partial charge on any atom is 0.0424 e. The molecule has 0 aromatic carbocycles. The molecule has 0 radical (unpaired) electrons. The quantitative estimate of drug-likeness (QED) is 0.337. The van der Waals surface area contributed by atoms with Gasteiger partial charge < -0.3 is 0 Å². The Kier molecular flexibility index (Phi) is 0.931. The van der Waals surface area contributed by atoms with Gasteiger partial charge in [-0.25, -0.2) is 0 Å². The molecular formula is C9H10. The zero-order chi connectivity index (χ0) is 6.27. The summed E-state index contributed by atoms with van der Waals surface area (Å²) < 4.78 is 0. The number of allylic oxidation sites excluding steroid dienone is 2. The van der Waals surface area contributed by atoms with Crippen molar-refractivity contribution in [3.63, 3.8) is 0 Å². The fraction of sp³-hybridized carbons (Fsp3) is 0.556. The number of hydrogen-bond donors (Lipinski definition) is 0. The Balaban J connectivity index is 2.33. The third-order valence-corrected chi connectivity index (χ3v) is 2.28. The number of rotatable bonds is 0. The van der Waals surface area contributed by atoms with Crippen LogP contribution in [0.2, 0.25) is 0 Å². The lowest BCUT2D eigenvalue weighted by Gasteiger charge is -2.01. The third kappa shape index (κ3) is 0.612. The second-order valence-corrected chi connectivity index (χ2v) is 2.84. The molecule has 2 aliphatic carbocycles. The topological polar surface area (TPSA) is 0 Å². The van der Waals surface area contributed by atoms with Gasteiger partial charge in [0.2, 0.25) is 0 Å². The molecule has 0 nitrogen and oxygen atoms in total. The molecule has 1 fully saturated rings. The summed E-state index contributed by atoms with van der Waals surface area (Å²) in [5.74, 6) is 7.84. The van der Waals surface area contributed by atoms with Crippen molar-refractivity contribution in [1.29, 1.82) is 0 Å². The third-order valence-electron chi connectivity index (χ3n) is 2.28. The van der Waals surface area contributed by atoms with Crippen LogP contribution in [0.15, 0.2) is 11.6 Å². The average Bonchev–Trinajstić information content (AvgIpc) is 2.45. The van der Waals surface area contributed by atoms with Gasteiger partial charge in [-0.15, -0.1) is 0 Å². The van der Waals surface area contributed by atoms with Crippen LogP contribution in [0, 0.1) is 23.7 Å². The van der Waals surface area contributed by atoms with E-state index >= 15 is 0 Å². The van der Waals surface area contributed by atoms with Crippen LogP contribution in [-0.4, -0.2) is 0 Å². The monoisotopic (exact) mass is 118 g/mol. The minimum Gasteiger partial charge on any atom is -0.0989 e. The summed E-state index contributed by atoms with van der Waals surface area (Å²) in [6.07, 6.45) is 4.78. The van der Waals surface area contributed by atoms with Crippen molar-refractivity contribution in [2.24, 2.45) is 11.8 Å². The van der Waals surface area contributed by atoms with Gasteiger partial charge in [0.05, 0.1) is 0 Å². The Labute approximate surface area is 56.0 Å². The second kappa shape index (κ2) is 1.64. The molecule has 0 spiro atoms. The average molecular weight is 118 g/mol. The Bertz CT molecular complexity index is 212. The molecule has 2 atom stereocenters. The fourth-order valence-electron chi connectivity index (χ4n) is 1.75. The molecule has 1 saturated carbocycles. The summed E-state index contributed by atoms with van der Waals surface area (Å²) in [6, 6.07) is 0. The smallest absolute Gasteiger partial charge is 0.0424 e. The molecule has 0 saturated heterocycles. The molecule has 2 rings (SSSR count). The largest absolute Gasteiger partial charge is 0.0989 e. The van der Waals surface area contributed by atoms with Gasteiger partial charge in [0.1, 0.15) is 0 Å². The summed E-state index contributed by atoms with van der Waals surface area (Å²) in [5.41, 5.74) is 1.58. The molecule has 9 heavy (non-hydrogen) atoms. The van der Waals surface area contributed by atoms with Crippen molar-refractivity contribution in [3.8, 4) is 11.8 Å². The zero-order valence-corrected chi connectivity index (χ0v) is 5.65. The van der Waals surface area contributed by atoms with Crippen molar-refractivity contribution >= 4 is 0 Å². The van der Waals surface area contributed by atoms with Crippen LogP contribution in [0.3, 0.4) is 0 Å². The van der Waals surface area contributed by atoms with Crippen LogP contribution >= 0.6 is 0 Å². The SMILES string of the molecule is CC=C1CC2C#CC1C2. The first-order chi connectivity index (χ1) is 4.40. The highest BCUT2D eigenvalue weighted by Gasteiger charge is 2.29. The van der Waals surface area contributed by atoms with Gasteiger partial charge in [-0.3, -0.25) is 0 Å². The number of hydrogen-bond acceptors (Lipinski definition) is 0. The van der Waals surface area contributed by atoms with E-state index < -0.39 is 0 Å². The Hall–Kier alpha value is -0.700. The van der Waals surface area contributed by atoms with E-state index in [-0.39, 0.29) is 0 Å². The summed E-state index contributed by atoms with van der Waals surface area (Å²) >= 11 is 0. The fourth-order valence-corrected chi connectivity index (χ4v) is 1.75. The van der Waals surface area contributed by atoms with E-state index in [1.807, 2.05) is 0 Å². The first-order valence-corrected chi connectivity index (χ1v) is 3.56. The molecule has 0 aromatic heterocycles. The molecule has 0 N–H and O–H groups in total. The lowest BCUT2D eigenvalue weighted by atomic mass is 10.0. The first-order valence-electron chi connectivity index (χ1n) is 3.56. The normalized spacial score (nSPS) is 41.2. The van der Waals surface area contributed by atoms with E-state index in [2.05, 4.69) is 24.8 Å². The van der Waals surface area contributed by atoms with Crippen molar-refractivity contribution in [2.45, 2.75) is 19.8 Å². The summed E-state index contributed by atoms with van der Waals surface area (Å²) in [4.78, 5) is 0. The predicted octanol–water partition coefficient (Wildman–Crippen LogP) is 1.98. The van der Waals surface area contributed by atoms with Crippen LogP contribution < -0.4 is 0 Å². The predicted molar refractivity (Wildman–Crippen MR) is 37.7 cm³/mol. The van der Waals surface area contributed by atoms with Gasteiger partial charge >= 0.3 is 0 Å². The van der Waals surface area contributed by atoms with Crippen molar-refractivity contribution < 1.29 is 0 Å². The van der Waals surface area contributed by atoms with Crippen LogP contribution in [-0.2, 0) is 0 Å². The van der Waals surface area contributed by atoms with Gasteiger partial charge in [-0.2, -0.15) is 0 Å². The molecule has 0 aromatic rings. The standard InChI is InChI=1S/C9H10/c1-2-8-5-7-3-4-9(8)6-7/h2,7,9H,5-6H2,1H3. The van der Waals surface area contributed by atoms with Crippen molar-refractivity contribution in [3.05, 3.63) is 11.6 Å². The summed E-state index contributed by atoms with van der Waals surface area (Å²) in [7, 11) is 0. The van der Waals surface area contributed by atoms with Gasteiger partial charge in [-0.05, 0) is 19.8 Å².